The van der Waals surface area contributed by atoms with E-state index in [1.807, 2.05) is 54.6 Å². The molecule has 1 heterocycles. The molecule has 182 valence electrons. The molecular formula is C30H29N3O2S. The smallest absolute Gasteiger partial charge is 0.269 e. The summed E-state index contributed by atoms with van der Waals surface area (Å²) in [6.07, 6.45) is 1.46. The van der Waals surface area contributed by atoms with E-state index in [0.717, 1.165) is 17.5 Å². The second-order valence-electron chi connectivity index (χ2n) is 9.01. The van der Waals surface area contributed by atoms with Gasteiger partial charge in [0.1, 0.15) is 16.7 Å². The molecule has 0 aliphatic carbocycles. The van der Waals surface area contributed by atoms with Crippen LogP contribution in [0.3, 0.4) is 0 Å². The highest BCUT2D eigenvalue weighted by atomic mass is 32.2. The number of para-hydroxylation sites is 1. The first-order valence-electron chi connectivity index (χ1n) is 12.1. The molecule has 1 fully saturated rings. The van der Waals surface area contributed by atoms with Crippen molar-refractivity contribution in [3.8, 4) is 6.07 Å². The van der Waals surface area contributed by atoms with Crippen molar-refractivity contribution in [2.75, 3.05) is 10.2 Å². The molecule has 0 aromatic heterocycles. The number of carbonyl (C=O) groups excluding carboxylic acids is 2. The van der Waals surface area contributed by atoms with Crippen LogP contribution in [0.2, 0.25) is 0 Å². The Morgan fingerprint density at radius 3 is 2.22 bits per heavy atom. The van der Waals surface area contributed by atoms with Crippen LogP contribution in [0.15, 0.2) is 89.5 Å². The Bertz CT molecular complexity index is 1310. The van der Waals surface area contributed by atoms with Gasteiger partial charge in [-0.1, -0.05) is 87.1 Å². The molecule has 1 aliphatic rings. The lowest BCUT2D eigenvalue weighted by molar-refractivity contribution is -0.117. The third-order valence-electron chi connectivity index (χ3n) is 6.21. The molecule has 3 aromatic carbocycles. The van der Waals surface area contributed by atoms with E-state index >= 15 is 0 Å². The molecule has 0 radical (unpaired) electrons. The molecule has 4 rings (SSSR count). The van der Waals surface area contributed by atoms with Gasteiger partial charge in [-0.15, -0.1) is 0 Å². The fourth-order valence-corrected chi connectivity index (χ4v) is 5.38. The Morgan fingerprint density at radius 1 is 1.00 bits per heavy atom. The highest BCUT2D eigenvalue weighted by molar-refractivity contribution is 8.05. The van der Waals surface area contributed by atoms with Gasteiger partial charge in [-0.25, -0.2) is 0 Å². The summed E-state index contributed by atoms with van der Waals surface area (Å²) in [5.74, 6) is -0.314. The van der Waals surface area contributed by atoms with E-state index in [9.17, 15) is 14.9 Å². The SMILES string of the molecule is CCc1ccc(CC2S/C(=C(/C#N)C(=O)Nc3ccccc3)N(c3ccc(C(C)C)cc3)C2=O)cc1. The lowest BCUT2D eigenvalue weighted by atomic mass is 10.0. The first-order chi connectivity index (χ1) is 17.4. The molecule has 36 heavy (non-hydrogen) atoms. The minimum atomic E-state index is -0.532. The number of hydrogen-bond donors (Lipinski definition) is 1. The van der Waals surface area contributed by atoms with Gasteiger partial charge in [0.05, 0.1) is 5.25 Å². The van der Waals surface area contributed by atoms with Gasteiger partial charge in [0.15, 0.2) is 0 Å². The number of anilines is 2. The molecule has 1 saturated heterocycles. The van der Waals surface area contributed by atoms with Gasteiger partial charge < -0.3 is 5.32 Å². The highest BCUT2D eigenvalue weighted by Crippen LogP contribution is 2.42. The fourth-order valence-electron chi connectivity index (χ4n) is 4.07. The van der Waals surface area contributed by atoms with Crippen molar-refractivity contribution in [3.05, 3.63) is 106 Å². The quantitative estimate of drug-likeness (QED) is 0.302. The van der Waals surface area contributed by atoms with Gasteiger partial charge in [0.25, 0.3) is 5.91 Å². The molecule has 1 N–H and O–H groups in total. The largest absolute Gasteiger partial charge is 0.321 e. The van der Waals surface area contributed by atoms with E-state index in [-0.39, 0.29) is 11.5 Å². The number of carbonyl (C=O) groups is 2. The Labute approximate surface area is 216 Å². The first kappa shape index (κ1) is 25.3. The Hall–Kier alpha value is -3.82. The predicted octanol–water partition coefficient (Wildman–Crippen LogP) is 6.44. The van der Waals surface area contributed by atoms with E-state index in [0.29, 0.717) is 28.7 Å². The number of nitrogens with zero attached hydrogens (tertiary/aromatic N) is 2. The Balaban J connectivity index is 1.71. The van der Waals surface area contributed by atoms with Crippen LogP contribution in [0.5, 0.6) is 0 Å². The second kappa shape index (κ2) is 11.3. The molecule has 6 heteroatoms. The van der Waals surface area contributed by atoms with Crippen LogP contribution in [-0.4, -0.2) is 17.1 Å². The number of thioether (sulfide) groups is 1. The predicted molar refractivity (Wildman–Crippen MR) is 147 cm³/mol. The molecule has 1 unspecified atom stereocenters. The van der Waals surface area contributed by atoms with Crippen LogP contribution in [0.25, 0.3) is 0 Å². The summed E-state index contributed by atoms with van der Waals surface area (Å²) in [7, 11) is 0. The normalized spacial score (nSPS) is 16.7. The summed E-state index contributed by atoms with van der Waals surface area (Å²) in [6, 6.07) is 27.0. The summed E-state index contributed by atoms with van der Waals surface area (Å²) in [5, 5.41) is 12.7. The van der Waals surface area contributed by atoms with Crippen LogP contribution in [0, 0.1) is 11.3 Å². The van der Waals surface area contributed by atoms with E-state index in [4.69, 9.17) is 0 Å². The van der Waals surface area contributed by atoms with Crippen LogP contribution in [-0.2, 0) is 22.4 Å². The molecule has 1 aliphatic heterocycles. The van der Waals surface area contributed by atoms with Crippen molar-refractivity contribution in [1.82, 2.24) is 0 Å². The third-order valence-corrected chi connectivity index (χ3v) is 7.47. The van der Waals surface area contributed by atoms with E-state index in [1.54, 1.807) is 12.1 Å². The third kappa shape index (κ3) is 5.53. The molecule has 0 spiro atoms. The van der Waals surface area contributed by atoms with Crippen molar-refractivity contribution >= 4 is 35.0 Å². The number of rotatable bonds is 7. The fraction of sp³-hybridized carbons (Fsp3) is 0.233. The summed E-state index contributed by atoms with van der Waals surface area (Å²) in [6.45, 7) is 6.33. The summed E-state index contributed by atoms with van der Waals surface area (Å²) < 4.78 is 0. The molecule has 2 amide bonds. The van der Waals surface area contributed by atoms with Crippen molar-refractivity contribution < 1.29 is 9.59 Å². The summed E-state index contributed by atoms with van der Waals surface area (Å²) >= 11 is 1.28. The maximum absolute atomic E-state index is 13.7. The summed E-state index contributed by atoms with van der Waals surface area (Å²) in [5.41, 5.74) is 4.59. The average Bonchev–Trinajstić information content (AvgIpc) is 3.20. The topological polar surface area (TPSA) is 73.2 Å². The average molecular weight is 496 g/mol. The number of aryl methyl sites for hydroxylation is 1. The van der Waals surface area contributed by atoms with E-state index in [1.165, 1.54) is 22.2 Å². The summed E-state index contributed by atoms with van der Waals surface area (Å²) in [4.78, 5) is 28.4. The maximum Gasteiger partial charge on any atom is 0.269 e. The molecular weight excluding hydrogens is 466 g/mol. The zero-order valence-corrected chi connectivity index (χ0v) is 21.5. The Morgan fingerprint density at radius 2 is 1.64 bits per heavy atom. The zero-order valence-electron chi connectivity index (χ0n) is 20.7. The van der Waals surface area contributed by atoms with Gasteiger partial charge in [-0.05, 0) is 59.7 Å². The van der Waals surface area contributed by atoms with Gasteiger partial charge in [0.2, 0.25) is 5.91 Å². The molecule has 5 nitrogen and oxygen atoms in total. The van der Waals surface area contributed by atoms with E-state index in [2.05, 4.69) is 44.3 Å². The number of nitriles is 1. The van der Waals surface area contributed by atoms with Gasteiger partial charge in [-0.3, -0.25) is 14.5 Å². The van der Waals surface area contributed by atoms with Gasteiger partial charge in [-0.2, -0.15) is 5.26 Å². The lowest BCUT2D eigenvalue weighted by Gasteiger charge is -2.19. The second-order valence-corrected chi connectivity index (χ2v) is 10.2. The van der Waals surface area contributed by atoms with Crippen molar-refractivity contribution in [2.24, 2.45) is 0 Å². The highest BCUT2D eigenvalue weighted by Gasteiger charge is 2.40. The number of hydrogen-bond acceptors (Lipinski definition) is 4. The lowest BCUT2D eigenvalue weighted by Crippen LogP contribution is -2.31. The van der Waals surface area contributed by atoms with Crippen LogP contribution in [0.4, 0.5) is 11.4 Å². The van der Waals surface area contributed by atoms with Crippen molar-refractivity contribution in [1.29, 1.82) is 5.26 Å². The van der Waals surface area contributed by atoms with Crippen LogP contribution in [0.1, 0.15) is 43.4 Å². The molecule has 1 atom stereocenters. The minimum absolute atomic E-state index is 0.0750. The van der Waals surface area contributed by atoms with Gasteiger partial charge in [0, 0.05) is 11.4 Å². The molecule has 0 saturated carbocycles. The van der Waals surface area contributed by atoms with Gasteiger partial charge >= 0.3 is 0 Å². The zero-order chi connectivity index (χ0) is 25.7. The van der Waals surface area contributed by atoms with Crippen LogP contribution >= 0.6 is 11.8 Å². The number of benzene rings is 3. The van der Waals surface area contributed by atoms with Crippen LogP contribution < -0.4 is 10.2 Å². The number of amides is 2. The molecule has 0 bridgehead atoms. The van der Waals surface area contributed by atoms with Crippen molar-refractivity contribution in [3.63, 3.8) is 0 Å². The van der Waals surface area contributed by atoms with Crippen molar-refractivity contribution in [2.45, 2.75) is 44.8 Å². The maximum atomic E-state index is 13.7. The standard InChI is InChI=1S/C30H29N3O2S/c1-4-21-10-12-22(13-11-21)18-27-29(35)33(25-16-14-23(15-17-25)20(2)3)30(36-27)26(19-31)28(34)32-24-8-6-5-7-9-24/h5-17,20,27H,4,18H2,1-3H3,(H,32,34)/b30-26-. The van der Waals surface area contributed by atoms with E-state index < -0.39 is 11.2 Å². The Kier molecular flexibility index (Phi) is 7.92. The monoisotopic (exact) mass is 495 g/mol. The minimum Gasteiger partial charge on any atom is -0.321 e. The number of nitrogens with one attached hydrogen (secondary N) is 1. The molecule has 3 aromatic rings. The first-order valence-corrected chi connectivity index (χ1v) is 13.0.